The molecule has 0 spiro atoms. The van der Waals surface area contributed by atoms with Gasteiger partial charge < -0.3 is 35.4 Å². The summed E-state index contributed by atoms with van der Waals surface area (Å²) in [5.74, 6) is -0.583. The van der Waals surface area contributed by atoms with Gasteiger partial charge in [0.1, 0.15) is 11.2 Å². The highest BCUT2D eigenvalue weighted by molar-refractivity contribution is 5.81. The Balaban J connectivity index is 0.000000659. The van der Waals surface area contributed by atoms with Gasteiger partial charge in [-0.05, 0) is 101 Å². The monoisotopic (exact) mass is 586 g/mol. The molecule has 3 amide bonds. The Morgan fingerprint density at radius 1 is 0.659 bits per heavy atom. The lowest BCUT2D eigenvalue weighted by molar-refractivity contribution is -0.145. The summed E-state index contributed by atoms with van der Waals surface area (Å²) in [5.41, 5.74) is -1.81. The average Bonchev–Trinajstić information content (AvgIpc) is 2.77. The fourth-order valence-electron chi connectivity index (χ4n) is 3.62. The molecule has 240 valence electrons. The molecule has 41 heavy (non-hydrogen) atoms. The van der Waals surface area contributed by atoms with Gasteiger partial charge >= 0.3 is 18.2 Å². The number of likely N-dealkylation sites (tertiary alicyclic amines) is 1. The summed E-state index contributed by atoms with van der Waals surface area (Å²) in [6.45, 7) is 25.2. The summed E-state index contributed by atoms with van der Waals surface area (Å²) >= 11 is 0. The van der Waals surface area contributed by atoms with E-state index in [0.717, 1.165) is 38.8 Å². The minimum absolute atomic E-state index is 0.0915. The smallest absolute Gasteiger partial charge is 0.407 e. The molecule has 0 unspecified atom stereocenters. The molecule has 2 rings (SSSR count). The van der Waals surface area contributed by atoms with Crippen LogP contribution >= 0.6 is 0 Å². The second-order valence-corrected chi connectivity index (χ2v) is 14.7. The van der Waals surface area contributed by atoms with Gasteiger partial charge in [0.2, 0.25) is 5.91 Å². The largest absolute Gasteiger partial charge is 0.481 e. The molecule has 2 saturated heterocycles. The SMILES string of the molecule is CC(C)(C)C(=O)O.CC(C)(C)OC(=O)NC1CCN(C(=O)C(C)(C)C)CC1.CC(C)(C)OC(=O)NC1CCNCC1. The van der Waals surface area contributed by atoms with Crippen molar-refractivity contribution in [1.29, 1.82) is 0 Å². The second kappa shape index (κ2) is 16.2. The van der Waals surface area contributed by atoms with E-state index < -0.39 is 22.6 Å². The fourth-order valence-corrected chi connectivity index (χ4v) is 3.62. The quantitative estimate of drug-likeness (QED) is 0.356. The van der Waals surface area contributed by atoms with Gasteiger partial charge in [0.05, 0.1) is 5.41 Å². The highest BCUT2D eigenvalue weighted by atomic mass is 16.6. The molecule has 0 aromatic carbocycles. The van der Waals surface area contributed by atoms with E-state index in [1.807, 2.05) is 67.2 Å². The first-order valence-electron chi connectivity index (χ1n) is 14.6. The molecule has 2 fully saturated rings. The normalized spacial score (nSPS) is 17.1. The van der Waals surface area contributed by atoms with E-state index in [4.69, 9.17) is 14.6 Å². The number of rotatable bonds is 2. The van der Waals surface area contributed by atoms with Crippen molar-refractivity contribution in [3.8, 4) is 0 Å². The number of carbonyl (C=O) groups excluding carboxylic acids is 3. The van der Waals surface area contributed by atoms with E-state index in [0.29, 0.717) is 13.1 Å². The maximum Gasteiger partial charge on any atom is 0.407 e. The summed E-state index contributed by atoms with van der Waals surface area (Å²) in [7, 11) is 0. The third-order valence-electron chi connectivity index (χ3n) is 5.85. The molecule has 0 bridgehead atoms. The van der Waals surface area contributed by atoms with Gasteiger partial charge in [-0.25, -0.2) is 9.59 Å². The number of aliphatic carboxylic acids is 1. The van der Waals surface area contributed by atoms with E-state index in [9.17, 15) is 19.2 Å². The number of carboxylic acids is 1. The molecule has 2 aliphatic heterocycles. The highest BCUT2D eigenvalue weighted by Crippen LogP contribution is 2.21. The molecule has 0 atom stereocenters. The van der Waals surface area contributed by atoms with Crippen LogP contribution in [-0.2, 0) is 19.1 Å². The highest BCUT2D eigenvalue weighted by Gasteiger charge is 2.31. The number of ether oxygens (including phenoxy) is 2. The lowest BCUT2D eigenvalue weighted by atomic mass is 9.93. The lowest BCUT2D eigenvalue weighted by Gasteiger charge is -2.36. The number of alkyl carbamates (subject to hydrolysis) is 2. The van der Waals surface area contributed by atoms with Gasteiger partial charge in [0.15, 0.2) is 0 Å². The van der Waals surface area contributed by atoms with Gasteiger partial charge in [0, 0.05) is 30.6 Å². The van der Waals surface area contributed by atoms with E-state index >= 15 is 0 Å². The van der Waals surface area contributed by atoms with Crippen LogP contribution in [0.2, 0.25) is 0 Å². The number of amides is 3. The Bertz CT molecular complexity index is 835. The number of hydrogen-bond acceptors (Lipinski definition) is 7. The summed E-state index contributed by atoms with van der Waals surface area (Å²) in [4.78, 5) is 47.1. The van der Waals surface area contributed by atoms with Crippen LogP contribution in [0.25, 0.3) is 0 Å². The predicted octanol–water partition coefficient (Wildman–Crippen LogP) is 4.93. The van der Waals surface area contributed by atoms with Crippen molar-refractivity contribution >= 4 is 24.1 Å². The summed E-state index contributed by atoms with van der Waals surface area (Å²) in [6, 6.07) is 0.361. The molecule has 0 aromatic heterocycles. The lowest BCUT2D eigenvalue weighted by Crippen LogP contribution is -2.49. The van der Waals surface area contributed by atoms with Gasteiger partial charge in [-0.15, -0.1) is 0 Å². The van der Waals surface area contributed by atoms with Crippen LogP contribution in [0.3, 0.4) is 0 Å². The first kappa shape index (κ1) is 38.4. The van der Waals surface area contributed by atoms with Crippen LogP contribution in [0.1, 0.15) is 109 Å². The van der Waals surface area contributed by atoms with Crippen molar-refractivity contribution in [2.45, 2.75) is 132 Å². The average molecular weight is 587 g/mol. The Morgan fingerprint density at radius 3 is 1.29 bits per heavy atom. The number of nitrogens with zero attached hydrogens (tertiary/aromatic N) is 1. The molecular weight excluding hydrogens is 528 g/mol. The van der Waals surface area contributed by atoms with Gasteiger partial charge in [0.25, 0.3) is 0 Å². The first-order chi connectivity index (χ1) is 18.4. The van der Waals surface area contributed by atoms with Gasteiger partial charge in [-0.2, -0.15) is 0 Å². The third kappa shape index (κ3) is 19.2. The van der Waals surface area contributed by atoms with Crippen molar-refractivity contribution in [2.75, 3.05) is 26.2 Å². The number of hydrogen-bond donors (Lipinski definition) is 4. The summed E-state index contributed by atoms with van der Waals surface area (Å²) in [6.07, 6.45) is 2.85. The Labute approximate surface area is 247 Å². The minimum atomic E-state index is -0.757. The second-order valence-electron chi connectivity index (χ2n) is 14.7. The van der Waals surface area contributed by atoms with Crippen molar-refractivity contribution < 1.29 is 33.8 Å². The molecule has 2 heterocycles. The van der Waals surface area contributed by atoms with E-state index in [2.05, 4.69) is 16.0 Å². The van der Waals surface area contributed by atoms with Crippen molar-refractivity contribution in [3.63, 3.8) is 0 Å². The standard InChI is InChI=1S/C15H28N2O3.C10H20N2O2.C5H10O2/c1-14(2,3)12(18)17-9-7-11(8-10-17)16-13(19)20-15(4,5)6;1-10(2,3)14-9(13)12-8-4-6-11-7-5-8;1-5(2,3)4(6)7/h11H,7-10H2,1-6H3,(H,16,19);8,11H,4-7H2,1-3H3,(H,12,13);1-3H3,(H,6,7). The molecule has 11 heteroatoms. The van der Waals surface area contributed by atoms with Crippen molar-refractivity contribution in [1.82, 2.24) is 20.9 Å². The summed E-state index contributed by atoms with van der Waals surface area (Å²) < 4.78 is 10.4. The van der Waals surface area contributed by atoms with Gasteiger partial charge in [-0.1, -0.05) is 20.8 Å². The predicted molar refractivity (Wildman–Crippen MR) is 161 cm³/mol. The maximum absolute atomic E-state index is 12.2. The number of carboxylic acid groups (broad SMARTS) is 1. The van der Waals surface area contributed by atoms with Crippen LogP contribution in [-0.4, -0.2) is 83.5 Å². The Kier molecular flexibility index (Phi) is 15.2. The van der Waals surface area contributed by atoms with Crippen LogP contribution in [0, 0.1) is 10.8 Å². The minimum Gasteiger partial charge on any atom is -0.481 e. The zero-order chi connectivity index (χ0) is 32.2. The molecular formula is C30H58N4O7. The zero-order valence-electron chi connectivity index (χ0n) is 27.7. The molecule has 0 saturated carbocycles. The fraction of sp³-hybridized carbons (Fsp3) is 0.867. The van der Waals surface area contributed by atoms with Crippen molar-refractivity contribution in [2.24, 2.45) is 10.8 Å². The van der Waals surface area contributed by atoms with Crippen LogP contribution < -0.4 is 16.0 Å². The molecule has 2 aliphatic rings. The Hall–Kier alpha value is -2.56. The third-order valence-corrected chi connectivity index (χ3v) is 5.85. The number of nitrogens with one attached hydrogen (secondary N) is 3. The van der Waals surface area contributed by atoms with E-state index in [1.165, 1.54) is 0 Å². The number of piperidine rings is 2. The molecule has 0 aromatic rings. The van der Waals surface area contributed by atoms with Crippen molar-refractivity contribution in [3.05, 3.63) is 0 Å². The number of carbonyl (C=O) groups is 4. The van der Waals surface area contributed by atoms with E-state index in [1.54, 1.807) is 20.8 Å². The van der Waals surface area contributed by atoms with Gasteiger partial charge in [-0.3, -0.25) is 9.59 Å². The molecule has 0 aliphatic carbocycles. The van der Waals surface area contributed by atoms with Crippen LogP contribution in [0.4, 0.5) is 9.59 Å². The zero-order valence-corrected chi connectivity index (χ0v) is 27.7. The van der Waals surface area contributed by atoms with Crippen LogP contribution in [0.15, 0.2) is 0 Å². The maximum atomic E-state index is 12.2. The molecule has 11 nitrogen and oxygen atoms in total. The molecule has 0 radical (unpaired) electrons. The first-order valence-corrected chi connectivity index (χ1v) is 14.6. The molecule has 4 N–H and O–H groups in total. The summed E-state index contributed by atoms with van der Waals surface area (Å²) in [5, 5.41) is 17.2. The van der Waals surface area contributed by atoms with Crippen LogP contribution in [0.5, 0.6) is 0 Å². The topological polar surface area (TPSA) is 146 Å². The Morgan fingerprint density at radius 2 is 1.00 bits per heavy atom. The van der Waals surface area contributed by atoms with E-state index in [-0.39, 0.29) is 35.6 Å².